The molecule has 0 unspecified atom stereocenters. The standard InChI is InChI=1S/C11H9ClFN/c1-6-3-8-9(12)5-7(2)14-11(8)10(13)4-6/h3-5H,1-2H3. The van der Waals surface area contributed by atoms with Crippen molar-refractivity contribution in [1.82, 2.24) is 4.98 Å². The summed E-state index contributed by atoms with van der Waals surface area (Å²) in [4.78, 5) is 4.12. The fourth-order valence-corrected chi connectivity index (χ4v) is 1.80. The van der Waals surface area contributed by atoms with Crippen LogP contribution in [0.5, 0.6) is 0 Å². The van der Waals surface area contributed by atoms with Gasteiger partial charge in [-0.25, -0.2) is 9.37 Å². The minimum atomic E-state index is -0.314. The summed E-state index contributed by atoms with van der Waals surface area (Å²) in [6.07, 6.45) is 0. The van der Waals surface area contributed by atoms with Gasteiger partial charge in [0.15, 0.2) is 0 Å². The molecule has 1 aromatic carbocycles. The number of hydrogen-bond acceptors (Lipinski definition) is 1. The second kappa shape index (κ2) is 3.21. The average molecular weight is 210 g/mol. The Kier molecular flexibility index (Phi) is 2.16. The molecule has 0 spiro atoms. The Morgan fingerprint density at radius 1 is 1.21 bits per heavy atom. The number of aromatic nitrogens is 1. The van der Waals surface area contributed by atoms with Gasteiger partial charge in [-0.1, -0.05) is 11.6 Å². The van der Waals surface area contributed by atoms with Gasteiger partial charge in [-0.15, -0.1) is 0 Å². The van der Waals surface area contributed by atoms with Crippen molar-refractivity contribution in [2.45, 2.75) is 13.8 Å². The molecule has 0 amide bonds. The second-order valence-corrected chi connectivity index (χ2v) is 3.80. The number of halogens is 2. The molecule has 1 heterocycles. The molecule has 0 atom stereocenters. The van der Waals surface area contributed by atoms with Gasteiger partial charge in [-0.2, -0.15) is 0 Å². The lowest BCUT2D eigenvalue weighted by Crippen LogP contribution is -1.90. The first-order chi connectivity index (χ1) is 6.58. The van der Waals surface area contributed by atoms with Crippen LogP contribution in [0.15, 0.2) is 18.2 Å². The zero-order valence-electron chi connectivity index (χ0n) is 7.94. The van der Waals surface area contributed by atoms with E-state index in [1.54, 1.807) is 13.0 Å². The maximum absolute atomic E-state index is 13.5. The van der Waals surface area contributed by atoms with Crippen molar-refractivity contribution in [2.75, 3.05) is 0 Å². The Bertz CT molecular complexity index is 461. The monoisotopic (exact) mass is 209 g/mol. The Morgan fingerprint density at radius 3 is 2.64 bits per heavy atom. The third-order valence-corrected chi connectivity index (χ3v) is 2.40. The number of hydrogen-bond donors (Lipinski definition) is 0. The van der Waals surface area contributed by atoms with Crippen molar-refractivity contribution in [3.05, 3.63) is 40.3 Å². The van der Waals surface area contributed by atoms with Gasteiger partial charge in [-0.3, -0.25) is 0 Å². The van der Waals surface area contributed by atoms with Crippen LogP contribution in [0.2, 0.25) is 5.02 Å². The fourth-order valence-electron chi connectivity index (χ4n) is 1.50. The highest BCUT2D eigenvalue weighted by Crippen LogP contribution is 2.25. The van der Waals surface area contributed by atoms with E-state index in [9.17, 15) is 4.39 Å². The van der Waals surface area contributed by atoms with E-state index >= 15 is 0 Å². The molecular formula is C11H9ClFN. The molecule has 2 rings (SSSR count). The second-order valence-electron chi connectivity index (χ2n) is 3.39. The first-order valence-electron chi connectivity index (χ1n) is 4.31. The third kappa shape index (κ3) is 1.46. The van der Waals surface area contributed by atoms with Crippen LogP contribution in [0.1, 0.15) is 11.3 Å². The normalized spacial score (nSPS) is 10.9. The minimum Gasteiger partial charge on any atom is -0.250 e. The summed E-state index contributed by atoms with van der Waals surface area (Å²) in [6, 6.07) is 5.04. The maximum Gasteiger partial charge on any atom is 0.149 e. The van der Waals surface area contributed by atoms with Gasteiger partial charge in [-0.05, 0) is 37.6 Å². The van der Waals surface area contributed by atoms with Crippen molar-refractivity contribution >= 4 is 22.5 Å². The largest absolute Gasteiger partial charge is 0.250 e. The maximum atomic E-state index is 13.5. The zero-order chi connectivity index (χ0) is 10.3. The zero-order valence-corrected chi connectivity index (χ0v) is 8.69. The summed E-state index contributed by atoms with van der Waals surface area (Å²) in [5.41, 5.74) is 1.92. The van der Waals surface area contributed by atoms with Crippen LogP contribution in [-0.2, 0) is 0 Å². The molecule has 72 valence electrons. The summed E-state index contributed by atoms with van der Waals surface area (Å²) in [5, 5.41) is 1.23. The summed E-state index contributed by atoms with van der Waals surface area (Å²) in [7, 11) is 0. The molecule has 0 N–H and O–H groups in total. The van der Waals surface area contributed by atoms with Gasteiger partial charge in [0.1, 0.15) is 11.3 Å². The lowest BCUT2D eigenvalue weighted by atomic mass is 10.1. The van der Waals surface area contributed by atoms with E-state index in [-0.39, 0.29) is 5.82 Å². The Hall–Kier alpha value is -1.15. The predicted octanol–water partition coefficient (Wildman–Crippen LogP) is 3.64. The van der Waals surface area contributed by atoms with E-state index in [1.807, 2.05) is 13.0 Å². The highest BCUT2D eigenvalue weighted by molar-refractivity contribution is 6.35. The molecule has 0 radical (unpaired) electrons. The van der Waals surface area contributed by atoms with Crippen LogP contribution < -0.4 is 0 Å². The van der Waals surface area contributed by atoms with Crippen LogP contribution in [0.25, 0.3) is 10.9 Å². The number of aryl methyl sites for hydroxylation is 2. The van der Waals surface area contributed by atoms with Crippen molar-refractivity contribution < 1.29 is 4.39 Å². The van der Waals surface area contributed by atoms with Crippen LogP contribution >= 0.6 is 11.6 Å². The van der Waals surface area contributed by atoms with Crippen molar-refractivity contribution in [3.8, 4) is 0 Å². The van der Waals surface area contributed by atoms with Crippen LogP contribution in [0.3, 0.4) is 0 Å². The van der Waals surface area contributed by atoms with Crippen molar-refractivity contribution in [1.29, 1.82) is 0 Å². The van der Waals surface area contributed by atoms with Crippen molar-refractivity contribution in [2.24, 2.45) is 0 Å². The molecule has 0 aliphatic heterocycles. The number of nitrogens with zero attached hydrogens (tertiary/aromatic N) is 1. The van der Waals surface area contributed by atoms with Gasteiger partial charge in [0, 0.05) is 11.1 Å². The molecule has 1 nitrogen and oxygen atoms in total. The molecule has 0 saturated carbocycles. The minimum absolute atomic E-state index is 0.314. The van der Waals surface area contributed by atoms with Gasteiger partial charge >= 0.3 is 0 Å². The summed E-state index contributed by atoms with van der Waals surface area (Å²) in [6.45, 7) is 3.63. The number of fused-ring (bicyclic) bond motifs is 1. The van der Waals surface area contributed by atoms with E-state index in [4.69, 9.17) is 11.6 Å². The van der Waals surface area contributed by atoms with Crippen LogP contribution in [0, 0.1) is 19.7 Å². The molecule has 0 aliphatic carbocycles. The summed E-state index contributed by atoms with van der Waals surface area (Å²) >= 11 is 6.00. The Labute approximate surface area is 86.5 Å². The predicted molar refractivity (Wildman–Crippen MR) is 56.2 cm³/mol. The van der Waals surface area contributed by atoms with E-state index in [2.05, 4.69) is 4.98 Å². The fraction of sp³-hybridized carbons (Fsp3) is 0.182. The Morgan fingerprint density at radius 2 is 1.93 bits per heavy atom. The smallest absolute Gasteiger partial charge is 0.149 e. The van der Waals surface area contributed by atoms with Crippen LogP contribution in [0.4, 0.5) is 4.39 Å². The van der Waals surface area contributed by atoms with Gasteiger partial charge in [0.05, 0.1) is 5.02 Å². The van der Waals surface area contributed by atoms with E-state index in [0.29, 0.717) is 15.9 Å². The number of rotatable bonds is 0. The van der Waals surface area contributed by atoms with Gasteiger partial charge in [0.2, 0.25) is 0 Å². The molecule has 3 heteroatoms. The SMILES string of the molecule is Cc1cc(F)c2nc(C)cc(Cl)c2c1. The van der Waals surface area contributed by atoms with E-state index < -0.39 is 0 Å². The highest BCUT2D eigenvalue weighted by Gasteiger charge is 2.07. The number of pyridine rings is 1. The summed E-state index contributed by atoms with van der Waals surface area (Å²) < 4.78 is 13.5. The molecule has 0 aliphatic rings. The molecule has 1 aromatic heterocycles. The summed E-state index contributed by atoms with van der Waals surface area (Å²) in [5.74, 6) is -0.314. The quantitative estimate of drug-likeness (QED) is 0.646. The number of benzene rings is 1. The molecule has 0 bridgehead atoms. The van der Waals surface area contributed by atoms with Gasteiger partial charge in [0.25, 0.3) is 0 Å². The van der Waals surface area contributed by atoms with Crippen molar-refractivity contribution in [3.63, 3.8) is 0 Å². The van der Waals surface area contributed by atoms with E-state index in [1.165, 1.54) is 6.07 Å². The molecule has 0 fully saturated rings. The molecule has 0 saturated heterocycles. The molecular weight excluding hydrogens is 201 g/mol. The average Bonchev–Trinajstić information content (AvgIpc) is 2.07. The first kappa shape index (κ1) is 9.41. The van der Waals surface area contributed by atoms with Crippen LogP contribution in [-0.4, -0.2) is 4.98 Å². The topological polar surface area (TPSA) is 12.9 Å². The first-order valence-corrected chi connectivity index (χ1v) is 4.69. The third-order valence-electron chi connectivity index (χ3n) is 2.09. The highest BCUT2D eigenvalue weighted by atomic mass is 35.5. The Balaban J connectivity index is 2.94. The molecule has 14 heavy (non-hydrogen) atoms. The van der Waals surface area contributed by atoms with Gasteiger partial charge < -0.3 is 0 Å². The lowest BCUT2D eigenvalue weighted by molar-refractivity contribution is 0.635. The lowest BCUT2D eigenvalue weighted by Gasteiger charge is -2.04. The molecule has 2 aromatic rings. The van der Waals surface area contributed by atoms with E-state index in [0.717, 1.165) is 11.3 Å².